The first-order valence-corrected chi connectivity index (χ1v) is 7.87. The number of nitrogens with one attached hydrogen (secondary N) is 1. The van der Waals surface area contributed by atoms with Gasteiger partial charge in [-0.2, -0.15) is 0 Å². The highest BCUT2D eigenvalue weighted by atomic mass is 15.3. The standard InChI is InChI=1S/C16H26N4/c1-5-17-13-9-14(19-15(18-13)16(2,3)4)20-10-11-6-7-12(20)8-11/h9,11-12H,5-8,10H2,1-4H3,(H,17,18,19). The summed E-state index contributed by atoms with van der Waals surface area (Å²) in [6.07, 6.45) is 4.08. The van der Waals surface area contributed by atoms with Gasteiger partial charge < -0.3 is 10.2 Å². The van der Waals surface area contributed by atoms with Crippen LogP contribution in [0.1, 0.15) is 52.8 Å². The molecule has 3 rings (SSSR count). The summed E-state index contributed by atoms with van der Waals surface area (Å²) in [5.74, 6) is 3.91. The van der Waals surface area contributed by atoms with E-state index in [0.29, 0.717) is 6.04 Å². The highest BCUT2D eigenvalue weighted by molar-refractivity contribution is 5.52. The van der Waals surface area contributed by atoms with Crippen molar-refractivity contribution in [2.24, 2.45) is 5.92 Å². The SMILES string of the molecule is CCNc1cc(N2CC3CCC2C3)nc(C(C)(C)C)n1. The van der Waals surface area contributed by atoms with Gasteiger partial charge in [-0.1, -0.05) is 20.8 Å². The molecule has 2 unspecified atom stereocenters. The van der Waals surface area contributed by atoms with E-state index in [1.54, 1.807) is 0 Å². The lowest BCUT2D eigenvalue weighted by atomic mass is 9.95. The maximum absolute atomic E-state index is 4.86. The molecule has 0 spiro atoms. The van der Waals surface area contributed by atoms with Crippen LogP contribution in [-0.4, -0.2) is 29.1 Å². The van der Waals surface area contributed by atoms with E-state index in [1.165, 1.54) is 25.8 Å². The molecular weight excluding hydrogens is 248 g/mol. The quantitative estimate of drug-likeness (QED) is 0.919. The van der Waals surface area contributed by atoms with Gasteiger partial charge in [0.25, 0.3) is 0 Å². The van der Waals surface area contributed by atoms with Gasteiger partial charge in [0.15, 0.2) is 0 Å². The smallest absolute Gasteiger partial charge is 0.138 e. The third-order valence-electron chi connectivity index (χ3n) is 4.44. The second-order valence-electron chi connectivity index (χ2n) is 7.20. The van der Waals surface area contributed by atoms with Gasteiger partial charge in [0.2, 0.25) is 0 Å². The lowest BCUT2D eigenvalue weighted by molar-refractivity contribution is 0.531. The Bertz CT molecular complexity index is 492. The number of aromatic nitrogens is 2. The van der Waals surface area contributed by atoms with E-state index < -0.39 is 0 Å². The first-order chi connectivity index (χ1) is 9.47. The third kappa shape index (κ3) is 2.48. The number of hydrogen-bond donors (Lipinski definition) is 1. The van der Waals surface area contributed by atoms with Crippen LogP contribution in [0.5, 0.6) is 0 Å². The Morgan fingerprint density at radius 1 is 1.30 bits per heavy atom. The molecule has 1 aromatic heterocycles. The van der Waals surface area contributed by atoms with Crippen LogP contribution in [0.3, 0.4) is 0 Å². The molecule has 2 heterocycles. The lowest BCUT2D eigenvalue weighted by Gasteiger charge is -2.29. The van der Waals surface area contributed by atoms with Crippen molar-refractivity contribution in [2.45, 2.75) is 58.4 Å². The van der Waals surface area contributed by atoms with Gasteiger partial charge in [-0.15, -0.1) is 0 Å². The van der Waals surface area contributed by atoms with Gasteiger partial charge >= 0.3 is 0 Å². The predicted molar refractivity (Wildman–Crippen MR) is 83.4 cm³/mol. The van der Waals surface area contributed by atoms with Gasteiger partial charge in [0.1, 0.15) is 17.5 Å². The molecule has 1 saturated heterocycles. The molecule has 0 radical (unpaired) electrons. The summed E-state index contributed by atoms with van der Waals surface area (Å²) in [7, 11) is 0. The van der Waals surface area contributed by atoms with Crippen LogP contribution in [0.4, 0.5) is 11.6 Å². The van der Waals surface area contributed by atoms with E-state index in [9.17, 15) is 0 Å². The van der Waals surface area contributed by atoms with Crippen LogP contribution in [0.25, 0.3) is 0 Å². The molecule has 0 amide bonds. The minimum atomic E-state index is -0.0150. The minimum absolute atomic E-state index is 0.0150. The largest absolute Gasteiger partial charge is 0.370 e. The number of nitrogens with zero attached hydrogens (tertiary/aromatic N) is 3. The number of rotatable bonds is 3. The maximum Gasteiger partial charge on any atom is 0.138 e. The second kappa shape index (κ2) is 4.90. The van der Waals surface area contributed by atoms with Crippen molar-refractivity contribution in [1.82, 2.24) is 9.97 Å². The molecule has 2 aliphatic rings. The Morgan fingerprint density at radius 3 is 2.65 bits per heavy atom. The molecule has 2 bridgehead atoms. The number of fused-ring (bicyclic) bond motifs is 2. The second-order valence-corrected chi connectivity index (χ2v) is 7.20. The first kappa shape index (κ1) is 13.7. The fraction of sp³-hybridized carbons (Fsp3) is 0.750. The Hall–Kier alpha value is -1.32. The zero-order chi connectivity index (χ0) is 14.3. The van der Waals surface area contributed by atoms with E-state index >= 15 is 0 Å². The average Bonchev–Trinajstić information content (AvgIpc) is 3.00. The third-order valence-corrected chi connectivity index (χ3v) is 4.44. The number of anilines is 2. The van der Waals surface area contributed by atoms with E-state index in [4.69, 9.17) is 4.98 Å². The van der Waals surface area contributed by atoms with Crippen LogP contribution < -0.4 is 10.2 Å². The molecule has 4 nitrogen and oxygen atoms in total. The van der Waals surface area contributed by atoms with Crippen molar-refractivity contribution in [3.63, 3.8) is 0 Å². The molecule has 1 aromatic rings. The van der Waals surface area contributed by atoms with Crippen molar-refractivity contribution in [2.75, 3.05) is 23.3 Å². The monoisotopic (exact) mass is 274 g/mol. The molecule has 0 aromatic carbocycles. The van der Waals surface area contributed by atoms with E-state index in [-0.39, 0.29) is 5.41 Å². The fourth-order valence-electron chi connectivity index (χ4n) is 3.39. The summed E-state index contributed by atoms with van der Waals surface area (Å²) < 4.78 is 0. The average molecular weight is 274 g/mol. The van der Waals surface area contributed by atoms with Crippen LogP contribution in [-0.2, 0) is 5.41 Å². The summed E-state index contributed by atoms with van der Waals surface area (Å²) in [5.41, 5.74) is -0.0150. The highest BCUT2D eigenvalue weighted by Gasteiger charge is 2.38. The molecule has 1 saturated carbocycles. The zero-order valence-corrected chi connectivity index (χ0v) is 13.1. The van der Waals surface area contributed by atoms with E-state index in [2.05, 4.69) is 49.0 Å². The summed E-state index contributed by atoms with van der Waals surface area (Å²) >= 11 is 0. The molecule has 110 valence electrons. The predicted octanol–water partition coefficient (Wildman–Crippen LogP) is 3.19. The topological polar surface area (TPSA) is 41.0 Å². The van der Waals surface area contributed by atoms with Gasteiger partial charge in [-0.3, -0.25) is 0 Å². The molecule has 2 atom stereocenters. The van der Waals surface area contributed by atoms with Gasteiger partial charge in [-0.05, 0) is 32.1 Å². The molecule has 1 N–H and O–H groups in total. The van der Waals surface area contributed by atoms with Crippen LogP contribution in [0.2, 0.25) is 0 Å². The molecule has 4 heteroatoms. The molecule has 2 fully saturated rings. The Morgan fingerprint density at radius 2 is 2.10 bits per heavy atom. The summed E-state index contributed by atoms with van der Waals surface area (Å²) in [4.78, 5) is 12.0. The normalized spacial score (nSPS) is 25.3. The van der Waals surface area contributed by atoms with Crippen LogP contribution >= 0.6 is 0 Å². The van der Waals surface area contributed by atoms with Crippen LogP contribution in [0, 0.1) is 5.92 Å². The molecular formula is C16H26N4. The first-order valence-electron chi connectivity index (χ1n) is 7.87. The highest BCUT2D eigenvalue weighted by Crippen LogP contribution is 2.40. The summed E-state index contributed by atoms with van der Waals surface area (Å²) in [6.45, 7) is 10.7. The zero-order valence-electron chi connectivity index (χ0n) is 13.1. The Balaban J connectivity index is 1.95. The van der Waals surface area contributed by atoms with Gasteiger partial charge in [0.05, 0.1) is 0 Å². The number of piperidine rings is 1. The van der Waals surface area contributed by atoms with Crippen molar-refractivity contribution >= 4 is 11.6 Å². The summed E-state index contributed by atoms with van der Waals surface area (Å²) in [6, 6.07) is 2.83. The van der Waals surface area contributed by atoms with Crippen molar-refractivity contribution < 1.29 is 0 Å². The molecule has 20 heavy (non-hydrogen) atoms. The van der Waals surface area contributed by atoms with E-state index in [0.717, 1.165) is 29.9 Å². The fourth-order valence-corrected chi connectivity index (χ4v) is 3.39. The van der Waals surface area contributed by atoms with Gasteiger partial charge in [-0.25, -0.2) is 9.97 Å². The molecule has 1 aliphatic carbocycles. The summed E-state index contributed by atoms with van der Waals surface area (Å²) in [5, 5.41) is 3.35. The van der Waals surface area contributed by atoms with Crippen molar-refractivity contribution in [1.29, 1.82) is 0 Å². The van der Waals surface area contributed by atoms with Gasteiger partial charge in [0, 0.05) is 30.6 Å². The van der Waals surface area contributed by atoms with E-state index in [1.807, 2.05) is 0 Å². The van der Waals surface area contributed by atoms with Crippen molar-refractivity contribution in [3.8, 4) is 0 Å². The number of hydrogen-bond acceptors (Lipinski definition) is 4. The van der Waals surface area contributed by atoms with Crippen LogP contribution in [0.15, 0.2) is 6.07 Å². The maximum atomic E-state index is 4.86. The van der Waals surface area contributed by atoms with Crippen molar-refractivity contribution in [3.05, 3.63) is 11.9 Å². The lowest BCUT2D eigenvalue weighted by Crippen LogP contribution is -2.33. The molecule has 1 aliphatic heterocycles. The minimum Gasteiger partial charge on any atom is -0.370 e. The Kier molecular flexibility index (Phi) is 3.35. The Labute approximate surface area is 122 Å².